The van der Waals surface area contributed by atoms with Crippen LogP contribution in [0.15, 0.2) is 30.3 Å². The van der Waals surface area contributed by atoms with E-state index in [1.165, 1.54) is 6.92 Å². The zero-order chi connectivity index (χ0) is 12.9. The van der Waals surface area contributed by atoms with E-state index in [9.17, 15) is 8.96 Å². The predicted molar refractivity (Wildman–Crippen MR) is 65.8 cm³/mol. The monoisotopic (exact) mass is 260 g/mol. The van der Waals surface area contributed by atoms with Gasteiger partial charge in [0.05, 0.1) is 13.2 Å². The van der Waals surface area contributed by atoms with E-state index >= 15 is 0 Å². The lowest BCUT2D eigenvalue weighted by Gasteiger charge is -2.29. The Morgan fingerprint density at radius 2 is 1.65 bits per heavy atom. The molecule has 1 aromatic carbocycles. The minimum Gasteiger partial charge on any atom is -0.306 e. The molecule has 0 saturated heterocycles. The summed E-state index contributed by atoms with van der Waals surface area (Å²) in [7, 11) is -3.81. The average Bonchev–Trinajstić information content (AvgIpc) is 2.30. The first-order chi connectivity index (χ1) is 7.98. The van der Waals surface area contributed by atoms with Gasteiger partial charge in [-0.2, -0.15) is 0 Å². The number of halogens is 1. The molecule has 1 rings (SSSR count). The van der Waals surface area contributed by atoms with Crippen molar-refractivity contribution in [3.63, 3.8) is 0 Å². The molecular weight excluding hydrogens is 242 g/mol. The van der Waals surface area contributed by atoms with Crippen molar-refractivity contribution in [2.45, 2.75) is 26.2 Å². The predicted octanol–water partition coefficient (Wildman–Crippen LogP) is 4.09. The Labute approximate surface area is 101 Å². The second-order valence-corrected chi connectivity index (χ2v) is 6.00. The molecule has 17 heavy (non-hydrogen) atoms. The zero-order valence-corrected chi connectivity index (χ0v) is 11.2. The van der Waals surface area contributed by atoms with Crippen molar-refractivity contribution in [2.75, 3.05) is 13.2 Å². The third-order valence-electron chi connectivity index (χ3n) is 2.41. The Kier molecular flexibility index (Phi) is 4.87. The summed E-state index contributed by atoms with van der Waals surface area (Å²) in [5.74, 6) is 0. The number of hydrogen-bond donors (Lipinski definition) is 0. The minimum absolute atomic E-state index is 0.142. The summed E-state index contributed by atoms with van der Waals surface area (Å²) >= 11 is 0. The van der Waals surface area contributed by atoms with E-state index < -0.39 is 13.0 Å². The fourth-order valence-electron chi connectivity index (χ4n) is 1.52. The van der Waals surface area contributed by atoms with Gasteiger partial charge in [0.25, 0.3) is 0 Å². The number of rotatable bonds is 6. The van der Waals surface area contributed by atoms with Crippen molar-refractivity contribution in [3.8, 4) is 0 Å². The van der Waals surface area contributed by atoms with E-state index in [4.69, 9.17) is 9.05 Å². The van der Waals surface area contributed by atoms with Crippen molar-refractivity contribution < 1.29 is 18.0 Å². The minimum atomic E-state index is -3.81. The molecule has 0 aliphatic rings. The largest absolute Gasteiger partial charge is 0.371 e. The molecule has 0 bridgehead atoms. The third kappa shape index (κ3) is 2.95. The summed E-state index contributed by atoms with van der Waals surface area (Å²) in [6.45, 7) is 4.83. The number of benzene rings is 1. The SMILES string of the molecule is CCOP(=O)(OCC)C(C)(F)c1ccccc1. The highest BCUT2D eigenvalue weighted by Gasteiger charge is 2.49. The van der Waals surface area contributed by atoms with Crippen molar-refractivity contribution in [1.29, 1.82) is 0 Å². The van der Waals surface area contributed by atoms with Gasteiger partial charge in [0.15, 0.2) is 0 Å². The van der Waals surface area contributed by atoms with Crippen molar-refractivity contribution in [3.05, 3.63) is 35.9 Å². The highest BCUT2D eigenvalue weighted by Crippen LogP contribution is 2.65. The molecule has 96 valence electrons. The van der Waals surface area contributed by atoms with Crippen LogP contribution < -0.4 is 0 Å². The van der Waals surface area contributed by atoms with Gasteiger partial charge in [-0.3, -0.25) is 4.57 Å². The molecule has 0 saturated carbocycles. The van der Waals surface area contributed by atoms with Gasteiger partial charge >= 0.3 is 7.60 Å². The van der Waals surface area contributed by atoms with Crippen LogP contribution in [-0.2, 0) is 19.0 Å². The molecule has 0 spiro atoms. The van der Waals surface area contributed by atoms with Crippen LogP contribution in [0.1, 0.15) is 26.3 Å². The summed E-state index contributed by atoms with van der Waals surface area (Å²) in [6, 6.07) is 8.30. The lowest BCUT2D eigenvalue weighted by molar-refractivity contribution is 0.151. The lowest BCUT2D eigenvalue weighted by Crippen LogP contribution is -2.19. The fraction of sp³-hybridized carbons (Fsp3) is 0.500. The molecule has 0 radical (unpaired) electrons. The molecule has 5 heteroatoms. The van der Waals surface area contributed by atoms with Crippen LogP contribution in [0.3, 0.4) is 0 Å². The molecule has 0 aliphatic carbocycles. The van der Waals surface area contributed by atoms with Gasteiger partial charge in [-0.25, -0.2) is 4.39 Å². The van der Waals surface area contributed by atoms with E-state index in [-0.39, 0.29) is 13.2 Å². The van der Waals surface area contributed by atoms with E-state index in [1.807, 2.05) is 0 Å². The first kappa shape index (κ1) is 14.4. The molecule has 0 aromatic heterocycles. The van der Waals surface area contributed by atoms with Crippen LogP contribution in [0.5, 0.6) is 0 Å². The van der Waals surface area contributed by atoms with Gasteiger partial charge in [0.1, 0.15) is 0 Å². The molecule has 1 unspecified atom stereocenters. The smallest absolute Gasteiger partial charge is 0.306 e. The summed E-state index contributed by atoms with van der Waals surface area (Å²) in [5, 5.41) is -2.14. The maximum absolute atomic E-state index is 14.7. The van der Waals surface area contributed by atoms with Gasteiger partial charge in [0.2, 0.25) is 5.41 Å². The van der Waals surface area contributed by atoms with Crippen LogP contribution in [0.25, 0.3) is 0 Å². The Balaban J connectivity index is 3.13. The molecule has 0 fully saturated rings. The Morgan fingerprint density at radius 1 is 1.18 bits per heavy atom. The normalized spacial score (nSPS) is 15.5. The lowest BCUT2D eigenvalue weighted by atomic mass is 10.1. The molecule has 0 N–H and O–H groups in total. The highest BCUT2D eigenvalue weighted by molar-refractivity contribution is 7.54. The Bertz CT molecular complexity index is 382. The highest BCUT2D eigenvalue weighted by atomic mass is 31.2. The number of hydrogen-bond acceptors (Lipinski definition) is 3. The van der Waals surface area contributed by atoms with Crippen LogP contribution in [-0.4, -0.2) is 13.2 Å². The number of alkyl halides is 1. The summed E-state index contributed by atoms with van der Waals surface area (Å²) in [5.41, 5.74) is 0.297. The van der Waals surface area contributed by atoms with Crippen molar-refractivity contribution in [2.24, 2.45) is 0 Å². The fourth-order valence-corrected chi connectivity index (χ4v) is 3.22. The maximum atomic E-state index is 14.7. The van der Waals surface area contributed by atoms with Gasteiger partial charge in [-0.1, -0.05) is 30.3 Å². The van der Waals surface area contributed by atoms with E-state index in [1.54, 1.807) is 44.2 Å². The zero-order valence-electron chi connectivity index (χ0n) is 10.4. The van der Waals surface area contributed by atoms with Crippen LogP contribution in [0, 0.1) is 0 Å². The molecule has 1 atom stereocenters. The topological polar surface area (TPSA) is 35.5 Å². The first-order valence-electron chi connectivity index (χ1n) is 5.61. The average molecular weight is 260 g/mol. The van der Waals surface area contributed by atoms with E-state index in [0.29, 0.717) is 5.56 Å². The molecular formula is C12H18FO3P. The van der Waals surface area contributed by atoms with Crippen molar-refractivity contribution >= 4 is 7.60 Å². The van der Waals surface area contributed by atoms with Crippen LogP contribution in [0.2, 0.25) is 0 Å². The van der Waals surface area contributed by atoms with Crippen LogP contribution >= 0.6 is 7.60 Å². The first-order valence-corrected chi connectivity index (χ1v) is 7.16. The van der Waals surface area contributed by atoms with Gasteiger partial charge in [-0.15, -0.1) is 0 Å². The molecule has 3 nitrogen and oxygen atoms in total. The van der Waals surface area contributed by atoms with E-state index in [2.05, 4.69) is 0 Å². The Hall–Kier alpha value is -0.700. The summed E-state index contributed by atoms with van der Waals surface area (Å²) in [4.78, 5) is 0. The van der Waals surface area contributed by atoms with E-state index in [0.717, 1.165) is 0 Å². The van der Waals surface area contributed by atoms with Gasteiger partial charge in [0, 0.05) is 5.56 Å². The Morgan fingerprint density at radius 3 is 2.06 bits per heavy atom. The second-order valence-electron chi connectivity index (χ2n) is 3.65. The molecule has 0 aliphatic heterocycles. The van der Waals surface area contributed by atoms with Crippen molar-refractivity contribution in [1.82, 2.24) is 0 Å². The second kappa shape index (κ2) is 5.76. The summed E-state index contributed by atoms with van der Waals surface area (Å²) < 4.78 is 37.2. The molecule has 1 aromatic rings. The molecule has 0 amide bonds. The van der Waals surface area contributed by atoms with Gasteiger partial charge in [-0.05, 0) is 20.8 Å². The quantitative estimate of drug-likeness (QED) is 0.722. The summed E-state index contributed by atoms with van der Waals surface area (Å²) in [6.07, 6.45) is 0. The van der Waals surface area contributed by atoms with Crippen LogP contribution in [0.4, 0.5) is 4.39 Å². The molecule has 0 heterocycles. The van der Waals surface area contributed by atoms with Gasteiger partial charge < -0.3 is 9.05 Å². The third-order valence-corrected chi connectivity index (χ3v) is 4.90. The standard InChI is InChI=1S/C12H18FO3P/c1-4-15-17(14,16-5-2)12(3,13)11-9-7-6-8-10-11/h6-10H,4-5H2,1-3H3. The maximum Gasteiger partial charge on any atom is 0.371 e.